The van der Waals surface area contributed by atoms with Crippen LogP contribution in [0.5, 0.6) is 0 Å². The maximum atomic E-state index is 12.9. The van der Waals surface area contributed by atoms with Crippen molar-refractivity contribution in [2.45, 2.75) is 13.1 Å². The third kappa shape index (κ3) is 4.70. The highest BCUT2D eigenvalue weighted by Crippen LogP contribution is 2.37. The van der Waals surface area contributed by atoms with Gasteiger partial charge in [0, 0.05) is 18.3 Å². The average molecular weight is 329 g/mol. The van der Waals surface area contributed by atoms with Crippen LogP contribution in [0.4, 0.5) is 24.5 Å². The highest BCUT2D eigenvalue weighted by atomic mass is 19.4. The first-order valence-electron chi connectivity index (χ1n) is 6.10. The summed E-state index contributed by atoms with van der Waals surface area (Å²) < 4.78 is 43.4. The Morgan fingerprint density at radius 2 is 2.17 bits per heavy atom. The van der Waals surface area contributed by atoms with Crippen LogP contribution in [0.25, 0.3) is 0 Å². The van der Waals surface area contributed by atoms with Gasteiger partial charge in [-0.05, 0) is 13.0 Å². The summed E-state index contributed by atoms with van der Waals surface area (Å²) in [5.41, 5.74) is -3.12. The number of benzene rings is 1. The van der Waals surface area contributed by atoms with Crippen LogP contribution in [0.1, 0.15) is 12.5 Å². The summed E-state index contributed by atoms with van der Waals surface area (Å²) in [7, 11) is 0. The molecule has 0 bridgehead atoms. The molecular weight excluding hydrogens is 319 g/mol. The Labute approximate surface area is 128 Å². The Morgan fingerprint density at radius 3 is 2.65 bits per heavy atom. The number of halogens is 3. The fourth-order valence-corrected chi connectivity index (χ4v) is 1.50. The maximum absolute atomic E-state index is 12.9. The van der Waals surface area contributed by atoms with E-state index in [0.717, 1.165) is 18.3 Å². The standard InChI is InChI=1S/C13H10F3N3O4/c1-2-23-12(20)8(6-17)7-18-11-4-3-9(19(21)22)5-10(11)13(14,15)16/h3-5,7,18H,2H2,1H3/b8-7-. The van der Waals surface area contributed by atoms with E-state index in [1.165, 1.54) is 13.0 Å². The van der Waals surface area contributed by atoms with E-state index in [0.29, 0.717) is 6.07 Å². The van der Waals surface area contributed by atoms with E-state index in [-0.39, 0.29) is 6.61 Å². The Balaban J connectivity index is 3.20. The number of nitro benzene ring substituents is 1. The first-order valence-corrected chi connectivity index (χ1v) is 6.10. The van der Waals surface area contributed by atoms with Gasteiger partial charge in [-0.15, -0.1) is 0 Å². The van der Waals surface area contributed by atoms with Crippen molar-refractivity contribution in [1.82, 2.24) is 0 Å². The number of carbonyl (C=O) groups is 1. The monoisotopic (exact) mass is 329 g/mol. The number of rotatable bonds is 5. The van der Waals surface area contributed by atoms with Gasteiger partial charge in [-0.2, -0.15) is 18.4 Å². The SMILES string of the molecule is CCOC(=O)/C(C#N)=C\Nc1ccc([N+](=O)[O-])cc1C(F)(F)F. The van der Waals surface area contributed by atoms with Crippen LogP contribution in [0.2, 0.25) is 0 Å². The Morgan fingerprint density at radius 1 is 1.52 bits per heavy atom. The molecule has 0 heterocycles. The van der Waals surface area contributed by atoms with E-state index < -0.39 is 39.6 Å². The van der Waals surface area contributed by atoms with Crippen molar-refractivity contribution < 1.29 is 27.6 Å². The Kier molecular flexibility index (Phi) is 5.67. The van der Waals surface area contributed by atoms with Gasteiger partial charge in [0.2, 0.25) is 0 Å². The van der Waals surface area contributed by atoms with Crippen molar-refractivity contribution in [1.29, 1.82) is 5.26 Å². The van der Waals surface area contributed by atoms with Crippen molar-refractivity contribution in [2.75, 3.05) is 11.9 Å². The van der Waals surface area contributed by atoms with E-state index in [1.807, 2.05) is 0 Å². The zero-order valence-electron chi connectivity index (χ0n) is 11.7. The second kappa shape index (κ2) is 7.26. The van der Waals surface area contributed by atoms with Gasteiger partial charge in [-0.1, -0.05) is 0 Å². The first-order chi connectivity index (χ1) is 10.7. The number of esters is 1. The number of non-ortho nitro benzene ring substituents is 1. The first kappa shape index (κ1) is 18.0. The molecule has 1 aromatic rings. The van der Waals surface area contributed by atoms with E-state index in [1.54, 1.807) is 0 Å². The van der Waals surface area contributed by atoms with Crippen LogP contribution in [-0.4, -0.2) is 17.5 Å². The molecule has 0 aromatic heterocycles. The molecule has 1 rings (SSSR count). The molecule has 7 nitrogen and oxygen atoms in total. The van der Waals surface area contributed by atoms with Crippen LogP contribution < -0.4 is 5.32 Å². The Hall–Kier alpha value is -3.09. The molecule has 0 saturated heterocycles. The van der Waals surface area contributed by atoms with Gasteiger partial charge in [0.25, 0.3) is 5.69 Å². The molecular formula is C13H10F3N3O4. The highest BCUT2D eigenvalue weighted by Gasteiger charge is 2.35. The number of hydrogen-bond donors (Lipinski definition) is 1. The molecule has 1 aromatic carbocycles. The summed E-state index contributed by atoms with van der Waals surface area (Å²) in [6.45, 7) is 1.49. The molecule has 0 atom stereocenters. The lowest BCUT2D eigenvalue weighted by Crippen LogP contribution is -2.11. The number of nitriles is 1. The van der Waals surface area contributed by atoms with Crippen LogP contribution in [0, 0.1) is 21.4 Å². The maximum Gasteiger partial charge on any atom is 0.418 e. The molecule has 0 radical (unpaired) electrons. The summed E-state index contributed by atoms with van der Waals surface area (Å²) in [6.07, 6.45) is -4.12. The number of nitro groups is 1. The molecule has 0 spiro atoms. The minimum Gasteiger partial charge on any atom is -0.462 e. The fourth-order valence-electron chi connectivity index (χ4n) is 1.50. The number of ether oxygens (including phenoxy) is 1. The minimum atomic E-state index is -4.86. The summed E-state index contributed by atoms with van der Waals surface area (Å²) in [5, 5.41) is 21.5. The van der Waals surface area contributed by atoms with Crippen LogP contribution in [0.3, 0.4) is 0 Å². The number of carbonyl (C=O) groups excluding carboxylic acids is 1. The van der Waals surface area contributed by atoms with Gasteiger partial charge < -0.3 is 10.1 Å². The molecule has 23 heavy (non-hydrogen) atoms. The van der Waals surface area contributed by atoms with Crippen LogP contribution in [0.15, 0.2) is 30.0 Å². The van der Waals surface area contributed by atoms with Crippen molar-refractivity contribution >= 4 is 17.3 Å². The summed E-state index contributed by atoms with van der Waals surface area (Å²) in [6, 6.07) is 3.53. The number of alkyl halides is 3. The van der Waals surface area contributed by atoms with E-state index in [9.17, 15) is 28.1 Å². The molecule has 1 N–H and O–H groups in total. The molecule has 122 valence electrons. The molecule has 0 unspecified atom stereocenters. The second-order valence-electron chi connectivity index (χ2n) is 4.02. The smallest absolute Gasteiger partial charge is 0.418 e. The fraction of sp³-hybridized carbons (Fsp3) is 0.231. The normalized spacial score (nSPS) is 11.5. The molecule has 0 fully saturated rings. The second-order valence-corrected chi connectivity index (χ2v) is 4.02. The molecule has 10 heteroatoms. The summed E-state index contributed by atoms with van der Waals surface area (Å²) >= 11 is 0. The third-order valence-corrected chi connectivity index (χ3v) is 2.51. The largest absolute Gasteiger partial charge is 0.462 e. The van der Waals surface area contributed by atoms with Gasteiger partial charge in [0.15, 0.2) is 5.57 Å². The van der Waals surface area contributed by atoms with Crippen molar-refractivity contribution in [3.05, 3.63) is 45.6 Å². The zero-order chi connectivity index (χ0) is 17.6. The zero-order valence-corrected chi connectivity index (χ0v) is 11.7. The predicted molar refractivity (Wildman–Crippen MR) is 72.1 cm³/mol. The third-order valence-electron chi connectivity index (χ3n) is 2.51. The minimum absolute atomic E-state index is 0.0107. The van der Waals surface area contributed by atoms with Gasteiger partial charge in [-0.25, -0.2) is 4.79 Å². The number of nitrogens with one attached hydrogen (secondary N) is 1. The lowest BCUT2D eigenvalue weighted by atomic mass is 10.1. The topological polar surface area (TPSA) is 105 Å². The van der Waals surface area contributed by atoms with Gasteiger partial charge in [-0.3, -0.25) is 10.1 Å². The number of hydrogen-bond acceptors (Lipinski definition) is 6. The molecule has 0 amide bonds. The lowest BCUT2D eigenvalue weighted by Gasteiger charge is -2.12. The van der Waals surface area contributed by atoms with E-state index in [2.05, 4.69) is 10.1 Å². The predicted octanol–water partition coefficient (Wildman–Crippen LogP) is 3.00. The quantitative estimate of drug-likeness (QED) is 0.293. The number of nitrogens with zero attached hydrogens (tertiary/aromatic N) is 2. The number of anilines is 1. The molecule has 0 saturated carbocycles. The highest BCUT2D eigenvalue weighted by molar-refractivity contribution is 5.93. The molecule has 0 aliphatic rings. The van der Waals surface area contributed by atoms with Crippen molar-refractivity contribution in [3.63, 3.8) is 0 Å². The van der Waals surface area contributed by atoms with E-state index >= 15 is 0 Å². The van der Waals surface area contributed by atoms with Gasteiger partial charge in [0.05, 0.1) is 22.8 Å². The van der Waals surface area contributed by atoms with Gasteiger partial charge in [0.1, 0.15) is 6.07 Å². The summed E-state index contributed by atoms with van der Waals surface area (Å²) in [4.78, 5) is 21.0. The summed E-state index contributed by atoms with van der Waals surface area (Å²) in [5.74, 6) is -1.00. The average Bonchev–Trinajstić information content (AvgIpc) is 2.47. The Bertz CT molecular complexity index is 693. The van der Waals surface area contributed by atoms with Crippen LogP contribution >= 0.6 is 0 Å². The lowest BCUT2D eigenvalue weighted by molar-refractivity contribution is -0.385. The van der Waals surface area contributed by atoms with Crippen molar-refractivity contribution in [3.8, 4) is 6.07 Å². The molecule has 0 aliphatic carbocycles. The van der Waals surface area contributed by atoms with Crippen molar-refractivity contribution in [2.24, 2.45) is 0 Å². The molecule has 0 aliphatic heterocycles. The van der Waals surface area contributed by atoms with E-state index in [4.69, 9.17) is 5.26 Å². The van der Waals surface area contributed by atoms with Crippen LogP contribution in [-0.2, 0) is 15.7 Å². The van der Waals surface area contributed by atoms with Gasteiger partial charge >= 0.3 is 12.1 Å².